The van der Waals surface area contributed by atoms with Gasteiger partial charge < -0.3 is 10.2 Å². The van der Waals surface area contributed by atoms with Gasteiger partial charge in [0.2, 0.25) is 10.0 Å². The molecule has 0 aliphatic carbocycles. The van der Waals surface area contributed by atoms with E-state index in [-0.39, 0.29) is 16.1 Å². The Hall–Kier alpha value is -0.0200. The van der Waals surface area contributed by atoms with E-state index in [1.807, 2.05) is 11.8 Å². The fourth-order valence-corrected chi connectivity index (χ4v) is 5.25. The molecule has 0 amide bonds. The Morgan fingerprint density at radius 1 is 1.47 bits per heavy atom. The summed E-state index contributed by atoms with van der Waals surface area (Å²) >= 11 is 5.04. The summed E-state index contributed by atoms with van der Waals surface area (Å²) in [5, 5.41) is 0. The van der Waals surface area contributed by atoms with Crippen LogP contribution in [0.15, 0.2) is 20.0 Å². The summed E-state index contributed by atoms with van der Waals surface area (Å²) in [5.41, 5.74) is 5.43. The van der Waals surface area contributed by atoms with E-state index in [0.717, 1.165) is 24.3 Å². The van der Waals surface area contributed by atoms with Gasteiger partial charge in [0.05, 0.1) is 6.54 Å². The highest BCUT2D eigenvalue weighted by Crippen LogP contribution is 2.27. The smallest absolute Gasteiger partial charge is 0.244 e. The summed E-state index contributed by atoms with van der Waals surface area (Å²) in [7, 11) is -3.53. The topological polar surface area (TPSA) is 85.3 Å². The summed E-state index contributed by atoms with van der Waals surface area (Å²) in [6.45, 7) is 0.659. The molecule has 0 radical (unpaired) electrons. The van der Waals surface area contributed by atoms with E-state index in [0.29, 0.717) is 18.2 Å². The minimum Gasteiger partial charge on any atom is -0.452 e. The van der Waals surface area contributed by atoms with Crippen LogP contribution in [0.5, 0.6) is 0 Å². The third-order valence-electron chi connectivity index (χ3n) is 3.10. The Balaban J connectivity index is 2.02. The molecule has 1 aromatic rings. The van der Waals surface area contributed by atoms with Crippen LogP contribution in [-0.2, 0) is 16.6 Å². The molecule has 19 heavy (non-hydrogen) atoms. The lowest BCUT2D eigenvalue weighted by atomic mass is 10.0. The molecule has 5 nitrogen and oxygen atoms in total. The van der Waals surface area contributed by atoms with Gasteiger partial charge in [-0.05, 0) is 46.2 Å². The Morgan fingerprint density at radius 3 is 2.74 bits per heavy atom. The van der Waals surface area contributed by atoms with E-state index in [9.17, 15) is 8.42 Å². The van der Waals surface area contributed by atoms with Gasteiger partial charge in [-0.25, -0.2) is 13.1 Å². The number of halogens is 1. The molecule has 8 heteroatoms. The van der Waals surface area contributed by atoms with E-state index in [2.05, 4.69) is 20.7 Å². The Morgan fingerprint density at radius 2 is 2.16 bits per heavy atom. The van der Waals surface area contributed by atoms with Gasteiger partial charge in [-0.1, -0.05) is 0 Å². The maximum Gasteiger partial charge on any atom is 0.244 e. The number of nitrogens with two attached hydrogens (primary N) is 1. The third kappa shape index (κ3) is 3.98. The summed E-state index contributed by atoms with van der Waals surface area (Å²) in [6.07, 6.45) is 2.13. The summed E-state index contributed by atoms with van der Waals surface area (Å²) in [6, 6.07) is 1.46. The van der Waals surface area contributed by atoms with Gasteiger partial charge >= 0.3 is 0 Å². The fraction of sp³-hybridized carbons (Fsp3) is 0.636. The molecule has 3 N–H and O–H groups in total. The fourth-order valence-electron chi connectivity index (χ4n) is 1.94. The highest BCUT2D eigenvalue weighted by atomic mass is 79.9. The van der Waals surface area contributed by atoms with Gasteiger partial charge in [0.15, 0.2) is 4.67 Å². The maximum absolute atomic E-state index is 12.2. The normalized spacial score (nSPS) is 17.8. The molecule has 0 aromatic carbocycles. The lowest BCUT2D eigenvalue weighted by Gasteiger charge is -2.21. The van der Waals surface area contributed by atoms with Crippen LogP contribution in [0.1, 0.15) is 18.6 Å². The van der Waals surface area contributed by atoms with Crippen molar-refractivity contribution in [2.24, 2.45) is 11.7 Å². The standard InChI is InChI=1S/C11H17BrN2O3S2/c12-11-10(5-9(6-13)17-11)19(15,16)14-7-8-1-3-18-4-2-8/h5,8,14H,1-4,6-7,13H2. The minimum atomic E-state index is -3.53. The van der Waals surface area contributed by atoms with E-state index >= 15 is 0 Å². The van der Waals surface area contributed by atoms with Crippen molar-refractivity contribution in [3.63, 3.8) is 0 Å². The SMILES string of the molecule is NCc1cc(S(=O)(=O)NCC2CCSCC2)c(Br)o1. The number of nitrogens with one attached hydrogen (secondary N) is 1. The third-order valence-corrected chi connectivity index (χ3v) is 6.43. The van der Waals surface area contributed by atoms with Crippen molar-refractivity contribution in [3.8, 4) is 0 Å². The summed E-state index contributed by atoms with van der Waals surface area (Å²) in [5.74, 6) is 3.09. The molecule has 0 spiro atoms. The van der Waals surface area contributed by atoms with Gasteiger partial charge in [-0.3, -0.25) is 0 Å². The van der Waals surface area contributed by atoms with Crippen molar-refractivity contribution >= 4 is 37.7 Å². The monoisotopic (exact) mass is 368 g/mol. The molecule has 0 saturated carbocycles. The predicted octanol–water partition coefficient (Wildman–Crippen LogP) is 1.92. The van der Waals surface area contributed by atoms with E-state index in [4.69, 9.17) is 10.2 Å². The molecule has 0 atom stereocenters. The van der Waals surface area contributed by atoms with Gasteiger partial charge in [0.1, 0.15) is 10.7 Å². The number of rotatable bonds is 5. The van der Waals surface area contributed by atoms with Crippen LogP contribution < -0.4 is 10.5 Å². The number of thioether (sulfide) groups is 1. The average Bonchev–Trinajstić information content (AvgIpc) is 2.80. The zero-order valence-corrected chi connectivity index (χ0v) is 13.6. The van der Waals surface area contributed by atoms with Crippen LogP contribution in [0.2, 0.25) is 0 Å². The van der Waals surface area contributed by atoms with Gasteiger partial charge in [0, 0.05) is 12.6 Å². The molecule has 1 saturated heterocycles. The van der Waals surface area contributed by atoms with E-state index in [1.54, 1.807) is 0 Å². The maximum atomic E-state index is 12.2. The molecule has 0 unspecified atom stereocenters. The molecule has 108 valence electrons. The second kappa shape index (κ2) is 6.62. The van der Waals surface area contributed by atoms with Crippen molar-refractivity contribution < 1.29 is 12.8 Å². The van der Waals surface area contributed by atoms with Crippen LogP contribution in [0.3, 0.4) is 0 Å². The highest BCUT2D eigenvalue weighted by molar-refractivity contribution is 9.10. The lowest BCUT2D eigenvalue weighted by Crippen LogP contribution is -2.31. The van der Waals surface area contributed by atoms with Crippen LogP contribution in [0.4, 0.5) is 0 Å². The Kier molecular flexibility index (Phi) is 5.36. The second-order valence-electron chi connectivity index (χ2n) is 4.46. The van der Waals surface area contributed by atoms with Crippen LogP contribution in [0.25, 0.3) is 0 Å². The van der Waals surface area contributed by atoms with Crippen LogP contribution in [0, 0.1) is 5.92 Å². The largest absolute Gasteiger partial charge is 0.452 e. The van der Waals surface area contributed by atoms with Crippen LogP contribution in [-0.4, -0.2) is 26.5 Å². The van der Waals surface area contributed by atoms with Gasteiger partial charge in [0.25, 0.3) is 0 Å². The first-order valence-electron chi connectivity index (χ1n) is 6.08. The quantitative estimate of drug-likeness (QED) is 0.828. The van der Waals surface area contributed by atoms with Crippen molar-refractivity contribution in [1.29, 1.82) is 0 Å². The van der Waals surface area contributed by atoms with Crippen molar-refractivity contribution in [3.05, 3.63) is 16.5 Å². The first kappa shape index (κ1) is 15.4. The van der Waals surface area contributed by atoms with Crippen molar-refractivity contribution in [1.82, 2.24) is 4.72 Å². The average molecular weight is 369 g/mol. The number of hydrogen-bond acceptors (Lipinski definition) is 5. The van der Waals surface area contributed by atoms with E-state index < -0.39 is 10.0 Å². The number of furan rings is 1. The predicted molar refractivity (Wildman–Crippen MR) is 79.5 cm³/mol. The number of sulfonamides is 1. The molecule has 2 rings (SSSR count). The number of hydrogen-bond donors (Lipinski definition) is 2. The highest BCUT2D eigenvalue weighted by Gasteiger charge is 2.23. The van der Waals surface area contributed by atoms with E-state index in [1.165, 1.54) is 6.07 Å². The molecule has 1 aliphatic rings. The van der Waals surface area contributed by atoms with Gasteiger partial charge in [-0.2, -0.15) is 11.8 Å². The summed E-state index contributed by atoms with van der Waals surface area (Å²) in [4.78, 5) is 0.123. The second-order valence-corrected chi connectivity index (χ2v) is 8.14. The molecule has 2 heterocycles. The minimum absolute atomic E-state index is 0.123. The molecule has 1 fully saturated rings. The first-order valence-corrected chi connectivity index (χ1v) is 9.51. The van der Waals surface area contributed by atoms with Crippen molar-refractivity contribution in [2.45, 2.75) is 24.3 Å². The zero-order chi connectivity index (χ0) is 13.9. The lowest BCUT2D eigenvalue weighted by molar-refractivity contribution is 0.472. The van der Waals surface area contributed by atoms with Crippen molar-refractivity contribution in [2.75, 3.05) is 18.1 Å². The molecule has 0 bridgehead atoms. The molecule has 1 aromatic heterocycles. The molecular formula is C11H17BrN2O3S2. The van der Waals surface area contributed by atoms with Crippen LogP contribution >= 0.6 is 27.7 Å². The molecule has 1 aliphatic heterocycles. The molecular weight excluding hydrogens is 352 g/mol. The Bertz CT molecular complexity index is 524. The zero-order valence-electron chi connectivity index (χ0n) is 10.4. The first-order chi connectivity index (χ1) is 9.03. The van der Waals surface area contributed by atoms with Gasteiger partial charge in [-0.15, -0.1) is 0 Å². The summed E-state index contributed by atoms with van der Waals surface area (Å²) < 4.78 is 32.4. The Labute approximate surface area is 125 Å².